The van der Waals surface area contributed by atoms with Gasteiger partial charge in [0.25, 0.3) is 0 Å². The van der Waals surface area contributed by atoms with Gasteiger partial charge < -0.3 is 0 Å². The molecule has 6 nitrogen and oxygen atoms in total. The van der Waals surface area contributed by atoms with E-state index in [9.17, 15) is 0 Å². The summed E-state index contributed by atoms with van der Waals surface area (Å²) in [5, 5.41) is 5.46. The van der Waals surface area contributed by atoms with Crippen LogP contribution in [0.3, 0.4) is 0 Å². The topological polar surface area (TPSA) is 60.4 Å². The smallest absolute Gasteiger partial charge is 0.182 e. The molecule has 3 aromatic carbocycles. The molecule has 8 aromatic rings. The van der Waals surface area contributed by atoms with Crippen molar-refractivity contribution < 1.29 is 0 Å². The molecule has 0 fully saturated rings. The van der Waals surface area contributed by atoms with Crippen molar-refractivity contribution in [2.24, 2.45) is 0 Å². The predicted octanol–water partition coefficient (Wildman–Crippen LogP) is 6.28. The highest BCUT2D eigenvalue weighted by Crippen LogP contribution is 2.45. The van der Waals surface area contributed by atoms with Crippen molar-refractivity contribution in [2.75, 3.05) is 0 Å². The first-order valence-corrected chi connectivity index (χ1v) is 10.8. The first-order valence-electron chi connectivity index (χ1n) is 10.0. The normalized spacial score (nSPS) is 12.7. The van der Waals surface area contributed by atoms with E-state index in [0.29, 0.717) is 10.0 Å². The van der Waals surface area contributed by atoms with Crippen molar-refractivity contribution in [1.29, 1.82) is 0 Å². The van der Waals surface area contributed by atoms with Crippen LogP contribution in [0.4, 0.5) is 0 Å². The summed E-state index contributed by atoms with van der Waals surface area (Å²) < 4.78 is 4.30. The van der Waals surface area contributed by atoms with Crippen molar-refractivity contribution in [3.63, 3.8) is 0 Å². The molecule has 0 aliphatic carbocycles. The summed E-state index contributed by atoms with van der Waals surface area (Å²) >= 11 is 12.9. The Bertz CT molecular complexity index is 1920. The number of hydrogen-bond acceptors (Lipinski definition) is 4. The van der Waals surface area contributed by atoms with E-state index in [1.54, 1.807) is 24.8 Å². The molecular weight excluding hydrogens is 443 g/mol. The van der Waals surface area contributed by atoms with E-state index < -0.39 is 0 Å². The van der Waals surface area contributed by atoms with Crippen LogP contribution in [0, 0.1) is 0 Å². The molecule has 150 valence electrons. The maximum atomic E-state index is 6.44. The van der Waals surface area contributed by atoms with Crippen molar-refractivity contribution in [3.05, 3.63) is 71.2 Å². The first kappa shape index (κ1) is 16.9. The van der Waals surface area contributed by atoms with Crippen molar-refractivity contribution in [3.8, 4) is 0 Å². The van der Waals surface area contributed by atoms with Crippen LogP contribution in [0.1, 0.15) is 0 Å². The van der Waals surface area contributed by atoms with Crippen LogP contribution < -0.4 is 0 Å². The fourth-order valence-corrected chi connectivity index (χ4v) is 5.57. The number of halogens is 2. The van der Waals surface area contributed by atoms with Gasteiger partial charge in [0.15, 0.2) is 11.3 Å². The minimum Gasteiger partial charge on any atom is -0.288 e. The fourth-order valence-electron chi connectivity index (χ4n) is 5.23. The Balaban J connectivity index is 1.92. The van der Waals surface area contributed by atoms with E-state index in [-0.39, 0.29) is 0 Å². The average molecular weight is 453 g/mol. The second kappa shape index (κ2) is 5.54. The molecule has 8 heteroatoms. The van der Waals surface area contributed by atoms with E-state index in [4.69, 9.17) is 43.1 Å². The van der Waals surface area contributed by atoms with Gasteiger partial charge in [0.1, 0.15) is 0 Å². The van der Waals surface area contributed by atoms with Gasteiger partial charge in [0.05, 0.1) is 33.1 Å². The largest absolute Gasteiger partial charge is 0.288 e. The zero-order valence-corrected chi connectivity index (χ0v) is 17.7. The van der Waals surface area contributed by atoms with E-state index in [2.05, 4.69) is 8.80 Å². The zero-order chi connectivity index (χ0) is 21.1. The van der Waals surface area contributed by atoms with Crippen LogP contribution in [0.25, 0.3) is 65.9 Å². The lowest BCUT2D eigenvalue weighted by molar-refractivity contribution is 1.13. The molecule has 0 amide bonds. The molecule has 0 saturated heterocycles. The Hall–Kier alpha value is -3.74. The summed E-state index contributed by atoms with van der Waals surface area (Å²) in [6.45, 7) is 0. The molecule has 0 unspecified atom stereocenters. The summed E-state index contributed by atoms with van der Waals surface area (Å²) in [5.41, 5.74) is 7.14. The molecule has 0 aliphatic heterocycles. The van der Waals surface area contributed by atoms with Gasteiger partial charge >= 0.3 is 0 Å². The van der Waals surface area contributed by atoms with Crippen molar-refractivity contribution >= 4 is 89.1 Å². The van der Waals surface area contributed by atoms with Crippen LogP contribution in [-0.2, 0) is 0 Å². The SMILES string of the molecule is Clc1ccc2c3c4nccnc4c4c5ccc(Cl)cc5n5c6nccnc6n(c2c1)c3c45. The Labute approximate surface area is 189 Å². The lowest BCUT2D eigenvalue weighted by atomic mass is 10.1. The third-order valence-electron chi connectivity index (χ3n) is 6.34. The molecular formula is C24H10Cl2N6. The highest BCUT2D eigenvalue weighted by Gasteiger charge is 2.26. The highest BCUT2D eigenvalue weighted by atomic mass is 35.5. The van der Waals surface area contributed by atoms with Gasteiger partial charge in [-0.2, -0.15) is 0 Å². The van der Waals surface area contributed by atoms with Gasteiger partial charge in [0, 0.05) is 56.4 Å². The summed E-state index contributed by atoms with van der Waals surface area (Å²) in [4.78, 5) is 19.0. The number of hydrogen-bond donors (Lipinski definition) is 0. The minimum absolute atomic E-state index is 0.659. The Morgan fingerprint density at radius 3 is 1.47 bits per heavy atom. The molecule has 8 rings (SSSR count). The van der Waals surface area contributed by atoms with Crippen LogP contribution in [0.15, 0.2) is 61.2 Å². The van der Waals surface area contributed by atoms with Crippen LogP contribution in [-0.4, -0.2) is 28.7 Å². The van der Waals surface area contributed by atoms with E-state index in [1.807, 2.05) is 36.4 Å². The van der Waals surface area contributed by atoms with Gasteiger partial charge in [-0.15, -0.1) is 0 Å². The molecule has 32 heavy (non-hydrogen) atoms. The summed E-state index contributed by atoms with van der Waals surface area (Å²) in [6.07, 6.45) is 6.90. The molecule has 0 N–H and O–H groups in total. The predicted molar refractivity (Wildman–Crippen MR) is 128 cm³/mol. The molecule has 0 spiro atoms. The second-order valence-electron chi connectivity index (χ2n) is 7.90. The molecule has 0 aliphatic rings. The van der Waals surface area contributed by atoms with Gasteiger partial charge in [-0.3, -0.25) is 18.8 Å². The van der Waals surface area contributed by atoms with Gasteiger partial charge in [-0.05, 0) is 24.3 Å². The summed E-state index contributed by atoms with van der Waals surface area (Å²) in [6, 6.07) is 11.8. The number of nitrogens with zero attached hydrogens (tertiary/aromatic N) is 6. The van der Waals surface area contributed by atoms with Crippen LogP contribution in [0.5, 0.6) is 0 Å². The van der Waals surface area contributed by atoms with E-state index in [0.717, 1.165) is 65.9 Å². The minimum atomic E-state index is 0.659. The average Bonchev–Trinajstić information content (AvgIpc) is 3.32. The van der Waals surface area contributed by atoms with Crippen molar-refractivity contribution in [2.45, 2.75) is 0 Å². The molecule has 0 radical (unpaired) electrons. The Kier molecular flexibility index (Phi) is 2.92. The van der Waals surface area contributed by atoms with Gasteiger partial charge in [-0.1, -0.05) is 35.3 Å². The Morgan fingerprint density at radius 1 is 0.562 bits per heavy atom. The number of benzene rings is 3. The lowest BCUT2D eigenvalue weighted by Crippen LogP contribution is -2.01. The highest BCUT2D eigenvalue weighted by molar-refractivity contribution is 6.37. The maximum Gasteiger partial charge on any atom is 0.182 e. The van der Waals surface area contributed by atoms with Gasteiger partial charge in [-0.25, -0.2) is 9.97 Å². The number of aromatic nitrogens is 6. The number of fused-ring (bicyclic) bond motifs is 12. The fraction of sp³-hybridized carbons (Fsp3) is 0. The standard InChI is InChI=1S/C24H10Cl2N6/c25-11-1-3-13-15(9-11)31-21-17(13)19-20(28-6-5-27-19)18-14-4-2-12(26)10-16(14)32(22(18)21)24-23(31)29-7-8-30-24/h1-10H. The number of rotatable bonds is 0. The maximum absolute atomic E-state index is 6.44. The summed E-state index contributed by atoms with van der Waals surface area (Å²) in [5.74, 6) is 0. The van der Waals surface area contributed by atoms with E-state index >= 15 is 0 Å². The third-order valence-corrected chi connectivity index (χ3v) is 6.81. The third kappa shape index (κ3) is 1.81. The first-order chi connectivity index (χ1) is 15.7. The second-order valence-corrected chi connectivity index (χ2v) is 8.77. The van der Waals surface area contributed by atoms with Gasteiger partial charge in [0.2, 0.25) is 0 Å². The van der Waals surface area contributed by atoms with E-state index in [1.165, 1.54) is 0 Å². The van der Waals surface area contributed by atoms with Crippen LogP contribution >= 0.6 is 23.2 Å². The molecule has 0 bridgehead atoms. The molecule has 0 saturated carbocycles. The monoisotopic (exact) mass is 452 g/mol. The zero-order valence-electron chi connectivity index (χ0n) is 16.2. The Morgan fingerprint density at radius 2 is 1.00 bits per heavy atom. The van der Waals surface area contributed by atoms with Crippen LogP contribution in [0.2, 0.25) is 10.0 Å². The molecule has 5 heterocycles. The molecule has 5 aromatic heterocycles. The summed E-state index contributed by atoms with van der Waals surface area (Å²) in [7, 11) is 0. The lowest BCUT2D eigenvalue weighted by Gasteiger charge is -2.10. The molecule has 0 atom stereocenters. The quantitative estimate of drug-likeness (QED) is 0.254. The van der Waals surface area contributed by atoms with Crippen molar-refractivity contribution in [1.82, 2.24) is 28.7 Å².